The van der Waals surface area contributed by atoms with E-state index in [0.717, 1.165) is 68.6 Å². The van der Waals surface area contributed by atoms with Crippen LogP contribution >= 0.6 is 12.2 Å². The number of rotatable bonds is 9. The molecule has 1 aromatic carbocycles. The molecular formula is C24H31F3N4O2S. The van der Waals surface area contributed by atoms with Crippen molar-refractivity contribution in [2.45, 2.75) is 70.1 Å². The molecule has 0 aliphatic carbocycles. The number of halogens is 3. The number of hydrogen-bond acceptors (Lipinski definition) is 5. The zero-order chi connectivity index (χ0) is 25.1. The monoisotopic (exact) mass is 496 g/mol. The van der Waals surface area contributed by atoms with Crippen molar-refractivity contribution in [2.24, 2.45) is 0 Å². The van der Waals surface area contributed by atoms with E-state index in [1.807, 2.05) is 0 Å². The van der Waals surface area contributed by atoms with E-state index in [2.05, 4.69) is 4.90 Å². The molecule has 6 nitrogen and oxygen atoms in total. The van der Waals surface area contributed by atoms with Crippen molar-refractivity contribution in [2.75, 3.05) is 31.1 Å². The van der Waals surface area contributed by atoms with Crippen molar-refractivity contribution < 1.29 is 23.1 Å². The molecule has 1 atom stereocenters. The first kappa shape index (κ1) is 26.4. The largest absolute Gasteiger partial charge is 0.417 e. The van der Waals surface area contributed by atoms with E-state index >= 15 is 0 Å². The second-order valence-electron chi connectivity index (χ2n) is 9.40. The van der Waals surface area contributed by atoms with Gasteiger partial charge in [0.15, 0.2) is 5.11 Å². The van der Waals surface area contributed by atoms with E-state index in [9.17, 15) is 23.1 Å². The number of nitriles is 1. The zero-order valence-electron chi connectivity index (χ0n) is 19.6. The first-order valence-corrected chi connectivity index (χ1v) is 12.1. The molecule has 0 radical (unpaired) electrons. The van der Waals surface area contributed by atoms with Crippen LogP contribution in [0.15, 0.2) is 18.2 Å². The number of amides is 1. The standard InChI is InChI=1S/C24H31F3N4O2S/c1-23(2)21(33)31(18-10-9-17(15-28)20(14-18)24(25,26)27)22(34)30(23)13-6-4-3-5-11-29-12-7-8-19(29)16-32/h9-10,14,19,32H,3-8,11-13,16H2,1-2H3/t19-/m0/s1. The van der Waals surface area contributed by atoms with Gasteiger partial charge in [-0.3, -0.25) is 14.6 Å². The number of carbonyl (C=O) groups is 1. The molecule has 2 aliphatic heterocycles. The molecule has 0 bridgehead atoms. The fourth-order valence-electron chi connectivity index (χ4n) is 4.78. The maximum Gasteiger partial charge on any atom is 0.417 e. The van der Waals surface area contributed by atoms with Crippen molar-refractivity contribution in [3.05, 3.63) is 29.3 Å². The maximum atomic E-state index is 13.4. The van der Waals surface area contributed by atoms with Crippen molar-refractivity contribution in [3.8, 4) is 6.07 Å². The Labute approximate surface area is 203 Å². The Hall–Kier alpha value is -2.22. The summed E-state index contributed by atoms with van der Waals surface area (Å²) >= 11 is 5.52. The zero-order valence-corrected chi connectivity index (χ0v) is 20.4. The normalized spacial score (nSPS) is 20.9. The van der Waals surface area contributed by atoms with E-state index in [0.29, 0.717) is 6.54 Å². The molecule has 3 rings (SSSR count). The minimum atomic E-state index is -4.72. The van der Waals surface area contributed by atoms with Gasteiger partial charge in [0.2, 0.25) is 0 Å². The van der Waals surface area contributed by atoms with Crippen LogP contribution in [0.5, 0.6) is 0 Å². The lowest BCUT2D eigenvalue weighted by atomic mass is 10.0. The number of benzene rings is 1. The van der Waals surface area contributed by atoms with E-state index in [1.54, 1.807) is 24.8 Å². The number of alkyl halides is 3. The van der Waals surface area contributed by atoms with Gasteiger partial charge in [0.1, 0.15) is 5.54 Å². The third-order valence-corrected chi connectivity index (χ3v) is 7.20. The van der Waals surface area contributed by atoms with Crippen LogP contribution in [0, 0.1) is 11.3 Å². The Kier molecular flexibility index (Phi) is 8.22. The van der Waals surface area contributed by atoms with Crippen molar-refractivity contribution in [1.82, 2.24) is 9.80 Å². The van der Waals surface area contributed by atoms with Gasteiger partial charge in [-0.05, 0) is 83.0 Å². The lowest BCUT2D eigenvalue weighted by Crippen LogP contribution is -2.44. The molecule has 1 N–H and O–H groups in total. The number of hydrogen-bond donors (Lipinski definition) is 1. The van der Waals surface area contributed by atoms with Crippen LogP contribution < -0.4 is 4.90 Å². The highest BCUT2D eigenvalue weighted by atomic mass is 32.1. The summed E-state index contributed by atoms with van der Waals surface area (Å²) in [6.07, 6.45) is 1.24. The molecule has 1 aromatic rings. The van der Waals surface area contributed by atoms with Crippen LogP contribution in [0.1, 0.15) is 63.5 Å². The predicted octanol–water partition coefficient (Wildman–Crippen LogP) is 4.31. The minimum absolute atomic E-state index is 0.0148. The average Bonchev–Trinajstić information content (AvgIpc) is 3.30. The molecule has 2 saturated heterocycles. The second kappa shape index (κ2) is 10.6. The van der Waals surface area contributed by atoms with Gasteiger partial charge in [0, 0.05) is 12.6 Å². The average molecular weight is 497 g/mol. The SMILES string of the molecule is CC1(C)C(=O)N(c2ccc(C#N)c(C(F)(F)F)c2)C(=S)N1CCCCCCN1CCC[C@H]1CO. The van der Waals surface area contributed by atoms with Crippen LogP contribution in [0.25, 0.3) is 0 Å². The summed E-state index contributed by atoms with van der Waals surface area (Å²) in [7, 11) is 0. The molecule has 10 heteroatoms. The number of nitrogens with zero attached hydrogens (tertiary/aromatic N) is 4. The van der Waals surface area contributed by atoms with E-state index in [-0.39, 0.29) is 29.4 Å². The van der Waals surface area contributed by atoms with E-state index in [4.69, 9.17) is 17.5 Å². The van der Waals surface area contributed by atoms with Crippen LogP contribution in [-0.2, 0) is 11.0 Å². The first-order valence-electron chi connectivity index (χ1n) is 11.6. The molecule has 2 aliphatic rings. The Morgan fingerprint density at radius 2 is 1.88 bits per heavy atom. The lowest BCUT2D eigenvalue weighted by Gasteiger charge is -2.29. The summed E-state index contributed by atoms with van der Waals surface area (Å²) in [5, 5.41) is 18.6. The van der Waals surface area contributed by atoms with E-state index in [1.165, 1.54) is 6.07 Å². The predicted molar refractivity (Wildman–Crippen MR) is 127 cm³/mol. The van der Waals surface area contributed by atoms with Gasteiger partial charge in [-0.15, -0.1) is 0 Å². The highest BCUT2D eigenvalue weighted by Crippen LogP contribution is 2.38. The maximum absolute atomic E-state index is 13.4. The summed E-state index contributed by atoms with van der Waals surface area (Å²) in [6.45, 7) is 6.17. The van der Waals surface area contributed by atoms with Crippen LogP contribution in [0.4, 0.5) is 18.9 Å². The fourth-order valence-corrected chi connectivity index (χ4v) is 5.28. The fraction of sp³-hybridized carbons (Fsp3) is 0.625. The van der Waals surface area contributed by atoms with Gasteiger partial charge in [0.05, 0.1) is 29.5 Å². The molecule has 2 heterocycles. The summed E-state index contributed by atoms with van der Waals surface area (Å²) in [4.78, 5) is 18.4. The topological polar surface area (TPSA) is 70.8 Å². The van der Waals surface area contributed by atoms with Gasteiger partial charge >= 0.3 is 6.18 Å². The molecule has 186 valence electrons. The number of aliphatic hydroxyl groups is 1. The van der Waals surface area contributed by atoms with Crippen LogP contribution in [0.2, 0.25) is 0 Å². The van der Waals surface area contributed by atoms with Gasteiger partial charge in [-0.1, -0.05) is 12.8 Å². The Balaban J connectivity index is 1.61. The molecule has 1 amide bonds. The highest BCUT2D eigenvalue weighted by Gasteiger charge is 2.49. The smallest absolute Gasteiger partial charge is 0.395 e. The van der Waals surface area contributed by atoms with Crippen molar-refractivity contribution in [1.29, 1.82) is 5.26 Å². The molecule has 0 unspecified atom stereocenters. The van der Waals surface area contributed by atoms with E-state index < -0.39 is 22.8 Å². The van der Waals surface area contributed by atoms with Gasteiger partial charge in [-0.25, -0.2) is 0 Å². The molecule has 34 heavy (non-hydrogen) atoms. The minimum Gasteiger partial charge on any atom is -0.395 e. The number of aliphatic hydroxyl groups excluding tert-OH is 1. The molecule has 0 aromatic heterocycles. The highest BCUT2D eigenvalue weighted by molar-refractivity contribution is 7.80. The Morgan fingerprint density at radius 3 is 2.50 bits per heavy atom. The first-order chi connectivity index (χ1) is 16.0. The second-order valence-corrected chi connectivity index (χ2v) is 9.77. The molecular weight excluding hydrogens is 465 g/mol. The van der Waals surface area contributed by atoms with Gasteiger partial charge in [0.25, 0.3) is 5.91 Å². The quantitative estimate of drug-likeness (QED) is 0.406. The van der Waals surface area contributed by atoms with Crippen molar-refractivity contribution >= 4 is 28.9 Å². The number of likely N-dealkylation sites (tertiary alicyclic amines) is 1. The lowest BCUT2D eigenvalue weighted by molar-refractivity contribution is -0.137. The summed E-state index contributed by atoms with van der Waals surface area (Å²) in [5.41, 5.74) is -2.54. The van der Waals surface area contributed by atoms with Crippen LogP contribution in [0.3, 0.4) is 0 Å². The summed E-state index contributed by atoms with van der Waals surface area (Å²) in [6, 6.07) is 5.05. The number of unbranched alkanes of at least 4 members (excludes halogenated alkanes) is 3. The number of anilines is 1. The summed E-state index contributed by atoms with van der Waals surface area (Å²) < 4.78 is 40.3. The van der Waals surface area contributed by atoms with Crippen molar-refractivity contribution in [3.63, 3.8) is 0 Å². The molecule has 0 saturated carbocycles. The number of thiocarbonyl (C=S) groups is 1. The van der Waals surface area contributed by atoms with Gasteiger partial charge < -0.3 is 10.0 Å². The third-order valence-electron chi connectivity index (χ3n) is 6.80. The number of carbonyl (C=O) groups excluding carboxylic acids is 1. The molecule has 2 fully saturated rings. The summed E-state index contributed by atoms with van der Waals surface area (Å²) in [5.74, 6) is -0.389. The Bertz CT molecular complexity index is 961. The third kappa shape index (κ3) is 5.37. The van der Waals surface area contributed by atoms with Crippen LogP contribution in [-0.4, -0.2) is 63.7 Å². The molecule has 0 spiro atoms. The van der Waals surface area contributed by atoms with Gasteiger partial charge in [-0.2, -0.15) is 18.4 Å². The Morgan fingerprint density at radius 1 is 1.21 bits per heavy atom.